The second-order valence-electron chi connectivity index (χ2n) is 7.07. The van der Waals surface area contributed by atoms with Crippen molar-refractivity contribution in [2.45, 2.75) is 33.1 Å². The van der Waals surface area contributed by atoms with Crippen LogP contribution in [0.2, 0.25) is 0 Å². The van der Waals surface area contributed by atoms with Crippen molar-refractivity contribution in [2.75, 3.05) is 37.0 Å². The number of hydrogen-bond donors (Lipinski definition) is 0. The highest BCUT2D eigenvalue weighted by Gasteiger charge is 2.03. The van der Waals surface area contributed by atoms with Gasteiger partial charge in [-0.2, -0.15) is 0 Å². The van der Waals surface area contributed by atoms with Crippen LogP contribution in [-0.4, -0.2) is 27.2 Å². The van der Waals surface area contributed by atoms with Crippen LogP contribution in [0.15, 0.2) is 72.8 Å². The molecule has 0 aliphatic rings. The standard InChI is InChI=1S/C13H21N.C12H13N/c1-3-5-12-14(11-4-2)13-9-7-6-8-10-13;1-13(2)12-9-5-7-10-6-3-4-8-11(10)12/h6-10H,3-5,11-12H2,1-2H3;3-9H,1-2H3. The molecule has 2 heteroatoms. The number of fused-ring (bicyclic) bond motifs is 1. The summed E-state index contributed by atoms with van der Waals surface area (Å²) in [5.41, 5.74) is 2.64. The van der Waals surface area contributed by atoms with Crippen molar-refractivity contribution in [3.8, 4) is 0 Å². The largest absolute Gasteiger partial charge is 0.377 e. The van der Waals surface area contributed by atoms with Gasteiger partial charge in [0.2, 0.25) is 0 Å². The van der Waals surface area contributed by atoms with Crippen molar-refractivity contribution in [1.29, 1.82) is 0 Å². The lowest BCUT2D eigenvalue weighted by molar-refractivity contribution is 0.704. The van der Waals surface area contributed by atoms with Crippen LogP contribution in [0.1, 0.15) is 33.1 Å². The van der Waals surface area contributed by atoms with E-state index in [1.54, 1.807) is 0 Å². The van der Waals surface area contributed by atoms with E-state index in [2.05, 4.69) is 111 Å². The number of para-hydroxylation sites is 1. The molecule has 2 nitrogen and oxygen atoms in total. The van der Waals surface area contributed by atoms with Gasteiger partial charge in [0.25, 0.3) is 0 Å². The van der Waals surface area contributed by atoms with E-state index < -0.39 is 0 Å². The maximum atomic E-state index is 2.48. The lowest BCUT2D eigenvalue weighted by Gasteiger charge is -2.24. The van der Waals surface area contributed by atoms with Crippen molar-refractivity contribution in [2.24, 2.45) is 0 Å². The van der Waals surface area contributed by atoms with Gasteiger partial charge in [-0.3, -0.25) is 0 Å². The molecule has 3 aromatic rings. The summed E-state index contributed by atoms with van der Waals surface area (Å²) in [5.74, 6) is 0. The number of benzene rings is 3. The van der Waals surface area contributed by atoms with Crippen LogP contribution < -0.4 is 9.80 Å². The van der Waals surface area contributed by atoms with Crippen LogP contribution in [0, 0.1) is 0 Å². The Labute approximate surface area is 165 Å². The molecule has 0 bridgehead atoms. The van der Waals surface area contributed by atoms with Gasteiger partial charge in [0.15, 0.2) is 0 Å². The fourth-order valence-corrected chi connectivity index (χ4v) is 3.23. The summed E-state index contributed by atoms with van der Waals surface area (Å²) in [5, 5.41) is 2.61. The molecule has 0 aliphatic heterocycles. The Hall–Kier alpha value is -2.48. The van der Waals surface area contributed by atoms with Gasteiger partial charge in [-0.1, -0.05) is 74.9 Å². The van der Waals surface area contributed by atoms with Gasteiger partial charge < -0.3 is 9.80 Å². The van der Waals surface area contributed by atoms with Gasteiger partial charge in [-0.05, 0) is 36.4 Å². The molecule has 27 heavy (non-hydrogen) atoms. The van der Waals surface area contributed by atoms with E-state index in [9.17, 15) is 0 Å². The first-order valence-electron chi connectivity index (χ1n) is 10.1. The van der Waals surface area contributed by atoms with Crippen molar-refractivity contribution >= 4 is 22.1 Å². The molecule has 3 rings (SSSR count). The fraction of sp³-hybridized carbons (Fsp3) is 0.360. The SMILES string of the molecule is CCCCN(CCC)c1ccccc1.CN(C)c1cccc2ccccc12. The van der Waals surface area contributed by atoms with Crippen molar-refractivity contribution in [3.63, 3.8) is 0 Å². The van der Waals surface area contributed by atoms with E-state index in [-0.39, 0.29) is 0 Å². The molecule has 0 radical (unpaired) electrons. The molecule has 0 amide bonds. The van der Waals surface area contributed by atoms with Gasteiger partial charge in [0.1, 0.15) is 0 Å². The topological polar surface area (TPSA) is 6.48 Å². The van der Waals surface area contributed by atoms with E-state index in [0.717, 1.165) is 0 Å². The Bertz CT molecular complexity index is 775. The predicted molar refractivity (Wildman–Crippen MR) is 122 cm³/mol. The lowest BCUT2D eigenvalue weighted by atomic mass is 10.1. The van der Waals surface area contributed by atoms with Gasteiger partial charge in [0, 0.05) is 43.9 Å². The molecule has 0 heterocycles. The summed E-state index contributed by atoms with van der Waals surface area (Å²) in [4.78, 5) is 4.62. The Balaban J connectivity index is 0.000000194. The zero-order valence-electron chi connectivity index (χ0n) is 17.4. The Morgan fingerprint density at radius 3 is 2.00 bits per heavy atom. The van der Waals surface area contributed by atoms with Crippen LogP contribution in [0.5, 0.6) is 0 Å². The lowest BCUT2D eigenvalue weighted by Crippen LogP contribution is -2.24. The van der Waals surface area contributed by atoms with Gasteiger partial charge in [-0.25, -0.2) is 0 Å². The minimum absolute atomic E-state index is 1.17. The van der Waals surface area contributed by atoms with Gasteiger partial charge in [0.05, 0.1) is 0 Å². The fourth-order valence-electron chi connectivity index (χ4n) is 3.23. The first kappa shape index (κ1) is 20.8. The summed E-state index contributed by atoms with van der Waals surface area (Å²) in [6, 6.07) is 25.5. The maximum Gasteiger partial charge on any atom is 0.0440 e. The first-order valence-corrected chi connectivity index (χ1v) is 10.1. The normalized spacial score (nSPS) is 10.2. The monoisotopic (exact) mass is 362 g/mol. The number of anilines is 2. The number of rotatable bonds is 7. The Kier molecular flexibility index (Phi) is 8.70. The van der Waals surface area contributed by atoms with Crippen LogP contribution >= 0.6 is 0 Å². The van der Waals surface area contributed by atoms with Crippen LogP contribution in [-0.2, 0) is 0 Å². The quantitative estimate of drug-likeness (QED) is 0.466. The molecular weight excluding hydrogens is 328 g/mol. The van der Waals surface area contributed by atoms with E-state index in [0.29, 0.717) is 0 Å². The zero-order valence-corrected chi connectivity index (χ0v) is 17.4. The number of nitrogens with zero attached hydrogens (tertiary/aromatic N) is 2. The molecule has 0 saturated carbocycles. The molecule has 0 spiro atoms. The average molecular weight is 363 g/mol. The van der Waals surface area contributed by atoms with Gasteiger partial charge in [-0.15, -0.1) is 0 Å². The molecule has 0 saturated heterocycles. The molecule has 0 fully saturated rings. The van der Waals surface area contributed by atoms with Crippen LogP contribution in [0.3, 0.4) is 0 Å². The van der Waals surface area contributed by atoms with Crippen molar-refractivity contribution in [1.82, 2.24) is 0 Å². The Morgan fingerprint density at radius 2 is 1.33 bits per heavy atom. The first-order chi connectivity index (χ1) is 13.2. The van der Waals surface area contributed by atoms with E-state index in [1.165, 1.54) is 54.5 Å². The second-order valence-corrected chi connectivity index (χ2v) is 7.07. The summed E-state index contributed by atoms with van der Waals surface area (Å²) < 4.78 is 0. The molecule has 0 aromatic heterocycles. The maximum absolute atomic E-state index is 2.48. The molecule has 0 unspecified atom stereocenters. The van der Waals surface area contributed by atoms with Crippen LogP contribution in [0.25, 0.3) is 10.8 Å². The minimum Gasteiger partial charge on any atom is -0.377 e. The van der Waals surface area contributed by atoms with Crippen molar-refractivity contribution < 1.29 is 0 Å². The smallest absolute Gasteiger partial charge is 0.0440 e. The third-order valence-corrected chi connectivity index (χ3v) is 4.64. The highest BCUT2D eigenvalue weighted by molar-refractivity contribution is 5.94. The highest BCUT2D eigenvalue weighted by atomic mass is 15.1. The molecule has 0 atom stereocenters. The van der Waals surface area contributed by atoms with Gasteiger partial charge >= 0.3 is 0 Å². The molecule has 144 valence electrons. The summed E-state index contributed by atoms with van der Waals surface area (Å²) in [6.07, 6.45) is 3.78. The second kappa shape index (κ2) is 11.3. The third-order valence-electron chi connectivity index (χ3n) is 4.64. The van der Waals surface area contributed by atoms with E-state index in [4.69, 9.17) is 0 Å². The summed E-state index contributed by atoms with van der Waals surface area (Å²) in [6.45, 7) is 6.84. The summed E-state index contributed by atoms with van der Waals surface area (Å²) >= 11 is 0. The zero-order chi connectivity index (χ0) is 19.5. The molecule has 0 aliphatic carbocycles. The molecule has 3 aromatic carbocycles. The number of unbranched alkanes of at least 4 members (excludes halogenated alkanes) is 1. The van der Waals surface area contributed by atoms with E-state index >= 15 is 0 Å². The summed E-state index contributed by atoms with van der Waals surface area (Å²) in [7, 11) is 4.14. The van der Waals surface area contributed by atoms with Crippen molar-refractivity contribution in [3.05, 3.63) is 72.8 Å². The molecular formula is C25H34N2. The third kappa shape index (κ3) is 6.32. The predicted octanol–water partition coefficient (Wildman–Crippen LogP) is 6.61. The number of hydrogen-bond acceptors (Lipinski definition) is 2. The van der Waals surface area contributed by atoms with Crippen LogP contribution in [0.4, 0.5) is 11.4 Å². The minimum atomic E-state index is 1.17. The molecule has 0 N–H and O–H groups in total. The van der Waals surface area contributed by atoms with E-state index in [1.807, 2.05) is 0 Å². The Morgan fingerprint density at radius 1 is 0.667 bits per heavy atom. The highest BCUT2D eigenvalue weighted by Crippen LogP contribution is 2.24. The average Bonchev–Trinajstić information content (AvgIpc) is 2.71.